The maximum atomic E-state index is 12.5. The Bertz CT molecular complexity index is 612. The molecule has 22 heavy (non-hydrogen) atoms. The van der Waals surface area contributed by atoms with Crippen LogP contribution in [0, 0.1) is 5.92 Å². The Labute approximate surface area is 141 Å². The van der Waals surface area contributed by atoms with Crippen LogP contribution in [0.15, 0.2) is 24.3 Å². The lowest BCUT2D eigenvalue weighted by molar-refractivity contribution is -0.135. The number of amides is 1. The zero-order chi connectivity index (χ0) is 14.8. The summed E-state index contributed by atoms with van der Waals surface area (Å²) in [5.41, 5.74) is 1.02. The van der Waals surface area contributed by atoms with E-state index in [9.17, 15) is 4.79 Å². The minimum atomic E-state index is 0. The second-order valence-corrected chi connectivity index (χ2v) is 6.96. The second-order valence-electron chi connectivity index (χ2n) is 5.85. The highest BCUT2D eigenvalue weighted by Crippen LogP contribution is 2.24. The molecule has 2 heterocycles. The predicted molar refractivity (Wildman–Crippen MR) is 93.5 cm³/mol. The van der Waals surface area contributed by atoms with E-state index < -0.39 is 0 Å². The monoisotopic (exact) mass is 339 g/mol. The van der Waals surface area contributed by atoms with Crippen molar-refractivity contribution in [3.8, 4) is 0 Å². The van der Waals surface area contributed by atoms with Crippen molar-refractivity contribution in [1.29, 1.82) is 0 Å². The van der Waals surface area contributed by atoms with Gasteiger partial charge < -0.3 is 10.2 Å². The van der Waals surface area contributed by atoms with E-state index in [1.807, 2.05) is 30.1 Å². The van der Waals surface area contributed by atoms with Crippen molar-refractivity contribution in [2.45, 2.75) is 32.4 Å². The highest BCUT2D eigenvalue weighted by Gasteiger charge is 2.27. The fourth-order valence-corrected chi connectivity index (χ4v) is 3.96. The summed E-state index contributed by atoms with van der Waals surface area (Å²) < 4.78 is 1.18. The molecule has 0 radical (unpaired) electrons. The van der Waals surface area contributed by atoms with Gasteiger partial charge in [-0.05, 0) is 38.4 Å². The Morgan fingerprint density at radius 3 is 2.95 bits per heavy atom. The Balaban J connectivity index is 0.00000176. The molecule has 2 atom stereocenters. The zero-order valence-corrected chi connectivity index (χ0v) is 14.5. The van der Waals surface area contributed by atoms with Crippen molar-refractivity contribution >= 4 is 39.9 Å². The molecular weight excluding hydrogens is 318 g/mol. The standard InChI is InChI=1S/C16H21N3OS.ClH/c1-11-9-12(7-8-17-11)16(20)19(2)10-15-18-13-5-3-4-6-14(13)21-15;/h3-6,11-12,17H,7-10H2,1-2H3;1H/t11-,12-;/m0./s1. The summed E-state index contributed by atoms with van der Waals surface area (Å²) in [4.78, 5) is 19.0. The summed E-state index contributed by atoms with van der Waals surface area (Å²) in [5.74, 6) is 0.406. The number of halogens is 1. The largest absolute Gasteiger partial charge is 0.339 e. The normalized spacial score (nSPS) is 21.4. The first-order valence-corrected chi connectivity index (χ1v) is 8.28. The second kappa shape index (κ2) is 7.40. The molecule has 1 aliphatic rings. The first-order chi connectivity index (χ1) is 10.1. The molecule has 1 aromatic heterocycles. The van der Waals surface area contributed by atoms with Gasteiger partial charge in [0, 0.05) is 19.0 Å². The minimum Gasteiger partial charge on any atom is -0.339 e. The average molecular weight is 340 g/mol. The SMILES string of the molecule is C[C@H]1C[C@@H](C(=O)N(C)Cc2nc3ccccc3s2)CCN1.Cl. The summed E-state index contributed by atoms with van der Waals surface area (Å²) in [6, 6.07) is 8.55. The van der Waals surface area contributed by atoms with Crippen molar-refractivity contribution in [1.82, 2.24) is 15.2 Å². The van der Waals surface area contributed by atoms with Gasteiger partial charge in [0.25, 0.3) is 0 Å². The van der Waals surface area contributed by atoms with Gasteiger partial charge in [0.15, 0.2) is 0 Å². The van der Waals surface area contributed by atoms with Crippen LogP contribution in [0.2, 0.25) is 0 Å². The summed E-state index contributed by atoms with van der Waals surface area (Å²) in [5, 5.41) is 4.40. The van der Waals surface area contributed by atoms with Gasteiger partial charge in [-0.2, -0.15) is 0 Å². The number of hydrogen-bond acceptors (Lipinski definition) is 4. The van der Waals surface area contributed by atoms with E-state index in [0.29, 0.717) is 12.6 Å². The highest BCUT2D eigenvalue weighted by atomic mass is 35.5. The molecule has 120 valence electrons. The van der Waals surface area contributed by atoms with Gasteiger partial charge in [0.05, 0.1) is 16.8 Å². The lowest BCUT2D eigenvalue weighted by Gasteiger charge is -2.30. The van der Waals surface area contributed by atoms with Gasteiger partial charge in [-0.25, -0.2) is 4.98 Å². The molecule has 6 heteroatoms. The smallest absolute Gasteiger partial charge is 0.225 e. The maximum absolute atomic E-state index is 12.5. The van der Waals surface area contributed by atoms with Crippen LogP contribution in [0.5, 0.6) is 0 Å². The van der Waals surface area contributed by atoms with Crippen molar-refractivity contribution < 1.29 is 4.79 Å². The topological polar surface area (TPSA) is 45.2 Å². The van der Waals surface area contributed by atoms with Crippen LogP contribution < -0.4 is 5.32 Å². The molecule has 3 rings (SSSR count). The Morgan fingerprint density at radius 1 is 1.45 bits per heavy atom. The molecule has 1 fully saturated rings. The van der Waals surface area contributed by atoms with Crippen LogP contribution in [0.1, 0.15) is 24.8 Å². The third-order valence-electron chi connectivity index (χ3n) is 4.06. The van der Waals surface area contributed by atoms with Crippen molar-refractivity contribution in [2.24, 2.45) is 5.92 Å². The first kappa shape index (κ1) is 17.2. The molecule has 1 aliphatic heterocycles. The number of hydrogen-bond donors (Lipinski definition) is 1. The van der Waals surface area contributed by atoms with Crippen LogP contribution >= 0.6 is 23.7 Å². The number of aromatic nitrogens is 1. The van der Waals surface area contributed by atoms with E-state index in [1.54, 1.807) is 11.3 Å². The molecule has 1 saturated heterocycles. The first-order valence-electron chi connectivity index (χ1n) is 7.46. The molecule has 4 nitrogen and oxygen atoms in total. The van der Waals surface area contributed by atoms with Gasteiger partial charge in [-0.15, -0.1) is 23.7 Å². The van der Waals surface area contributed by atoms with E-state index in [4.69, 9.17) is 0 Å². The molecule has 0 aliphatic carbocycles. The zero-order valence-electron chi connectivity index (χ0n) is 12.9. The highest BCUT2D eigenvalue weighted by molar-refractivity contribution is 7.18. The van der Waals surface area contributed by atoms with Crippen LogP contribution in [0.4, 0.5) is 0 Å². The predicted octanol–water partition coefficient (Wildman–Crippen LogP) is 3.06. The maximum Gasteiger partial charge on any atom is 0.225 e. The van der Waals surface area contributed by atoms with E-state index >= 15 is 0 Å². The number of thiazole rings is 1. The van der Waals surface area contributed by atoms with Crippen LogP contribution in [0.25, 0.3) is 10.2 Å². The number of carbonyl (C=O) groups excluding carboxylic acids is 1. The summed E-state index contributed by atoms with van der Waals surface area (Å²) in [6.45, 7) is 3.69. The molecular formula is C16H22ClN3OS. The number of para-hydroxylation sites is 1. The van der Waals surface area contributed by atoms with Crippen molar-refractivity contribution in [3.05, 3.63) is 29.3 Å². The quantitative estimate of drug-likeness (QED) is 0.934. The average Bonchev–Trinajstić information content (AvgIpc) is 2.88. The number of piperidine rings is 1. The molecule has 0 saturated carbocycles. The van der Waals surface area contributed by atoms with E-state index in [0.717, 1.165) is 29.9 Å². The van der Waals surface area contributed by atoms with Crippen LogP contribution in [-0.2, 0) is 11.3 Å². The van der Waals surface area contributed by atoms with Crippen molar-refractivity contribution in [2.75, 3.05) is 13.6 Å². The van der Waals surface area contributed by atoms with E-state index in [1.165, 1.54) is 4.70 Å². The number of nitrogens with one attached hydrogen (secondary N) is 1. The minimum absolute atomic E-state index is 0. The molecule has 0 unspecified atom stereocenters. The van der Waals surface area contributed by atoms with E-state index in [2.05, 4.69) is 23.3 Å². The van der Waals surface area contributed by atoms with Gasteiger partial charge in [-0.1, -0.05) is 12.1 Å². The third-order valence-corrected chi connectivity index (χ3v) is 5.08. The number of nitrogens with zero attached hydrogens (tertiary/aromatic N) is 2. The molecule has 1 amide bonds. The van der Waals surface area contributed by atoms with Crippen LogP contribution in [0.3, 0.4) is 0 Å². The molecule has 0 spiro atoms. The van der Waals surface area contributed by atoms with Gasteiger partial charge in [0.2, 0.25) is 5.91 Å². The summed E-state index contributed by atoms with van der Waals surface area (Å²) >= 11 is 1.67. The number of fused-ring (bicyclic) bond motifs is 1. The number of rotatable bonds is 3. The van der Waals surface area contributed by atoms with E-state index in [-0.39, 0.29) is 24.2 Å². The Morgan fingerprint density at radius 2 is 2.23 bits per heavy atom. The summed E-state index contributed by atoms with van der Waals surface area (Å²) in [7, 11) is 1.89. The Kier molecular flexibility index (Phi) is 5.78. The number of benzene rings is 1. The third kappa shape index (κ3) is 3.77. The fourth-order valence-electron chi connectivity index (χ4n) is 2.94. The number of carbonyl (C=O) groups is 1. The molecule has 0 bridgehead atoms. The molecule has 2 aromatic rings. The summed E-state index contributed by atoms with van der Waals surface area (Å²) in [6.07, 6.45) is 1.87. The lowest BCUT2D eigenvalue weighted by atomic mass is 9.92. The lowest BCUT2D eigenvalue weighted by Crippen LogP contribution is -2.42. The van der Waals surface area contributed by atoms with Gasteiger partial charge in [0.1, 0.15) is 5.01 Å². The van der Waals surface area contributed by atoms with Crippen LogP contribution in [-0.4, -0.2) is 35.4 Å². The molecule has 1 aromatic carbocycles. The van der Waals surface area contributed by atoms with Crippen molar-refractivity contribution in [3.63, 3.8) is 0 Å². The molecule has 1 N–H and O–H groups in total. The van der Waals surface area contributed by atoms with Gasteiger partial charge >= 0.3 is 0 Å². The fraction of sp³-hybridized carbons (Fsp3) is 0.500. The Hall–Kier alpha value is -1.17. The van der Waals surface area contributed by atoms with Gasteiger partial charge in [-0.3, -0.25) is 4.79 Å².